The van der Waals surface area contributed by atoms with E-state index in [1.165, 1.54) is 5.56 Å². The molecule has 4 heteroatoms. The molecule has 1 aliphatic heterocycles. The van der Waals surface area contributed by atoms with Crippen LogP contribution in [0.3, 0.4) is 0 Å². The van der Waals surface area contributed by atoms with Crippen LogP contribution in [-0.4, -0.2) is 26.2 Å². The average molecular weight is 311 g/mol. The molecule has 3 rings (SSSR count). The fourth-order valence-corrected chi connectivity index (χ4v) is 2.91. The van der Waals surface area contributed by atoms with E-state index >= 15 is 0 Å². The average Bonchev–Trinajstić information content (AvgIpc) is 2.61. The largest absolute Gasteiger partial charge is 0.493 e. The Kier molecular flexibility index (Phi) is 4.81. The summed E-state index contributed by atoms with van der Waals surface area (Å²) in [6, 6.07) is 15.6. The zero-order chi connectivity index (χ0) is 16.1. The molecule has 0 unspecified atom stereocenters. The fourth-order valence-electron chi connectivity index (χ4n) is 2.91. The summed E-state index contributed by atoms with van der Waals surface area (Å²) in [4.78, 5) is 14.4. The van der Waals surface area contributed by atoms with E-state index < -0.39 is 0 Å². The van der Waals surface area contributed by atoms with Gasteiger partial charge in [0.25, 0.3) is 0 Å². The minimum absolute atomic E-state index is 0.104. The van der Waals surface area contributed by atoms with Gasteiger partial charge in [0.2, 0.25) is 5.91 Å². The van der Waals surface area contributed by atoms with Gasteiger partial charge in [-0.2, -0.15) is 0 Å². The maximum atomic E-state index is 12.5. The van der Waals surface area contributed by atoms with E-state index in [1.54, 1.807) is 7.11 Å². The van der Waals surface area contributed by atoms with Crippen LogP contribution in [0.1, 0.15) is 18.4 Å². The van der Waals surface area contributed by atoms with Crippen molar-refractivity contribution in [2.45, 2.75) is 19.3 Å². The molecule has 0 saturated heterocycles. The maximum Gasteiger partial charge on any atom is 0.230 e. The van der Waals surface area contributed by atoms with E-state index in [4.69, 9.17) is 9.47 Å². The Bertz CT molecular complexity index is 684. The molecule has 0 aliphatic carbocycles. The van der Waals surface area contributed by atoms with Gasteiger partial charge in [-0.15, -0.1) is 0 Å². The third kappa shape index (κ3) is 3.47. The fraction of sp³-hybridized carbons (Fsp3) is 0.316. The summed E-state index contributed by atoms with van der Waals surface area (Å²) in [7, 11) is 1.61. The second-order valence-electron chi connectivity index (χ2n) is 5.53. The third-order valence-corrected chi connectivity index (χ3v) is 4.05. The summed E-state index contributed by atoms with van der Waals surface area (Å²) >= 11 is 0. The molecule has 0 saturated carbocycles. The van der Waals surface area contributed by atoms with E-state index in [0.717, 1.165) is 25.1 Å². The van der Waals surface area contributed by atoms with Crippen LogP contribution in [0.5, 0.6) is 11.5 Å². The van der Waals surface area contributed by atoms with E-state index in [9.17, 15) is 4.79 Å². The van der Waals surface area contributed by atoms with E-state index in [-0.39, 0.29) is 5.91 Å². The number of carbonyl (C=O) groups is 1. The lowest BCUT2D eigenvalue weighted by molar-refractivity contribution is -0.119. The lowest BCUT2D eigenvalue weighted by Gasteiger charge is -2.29. The first-order valence-electron chi connectivity index (χ1n) is 7.93. The van der Waals surface area contributed by atoms with Gasteiger partial charge in [0.1, 0.15) is 0 Å². The molecule has 1 amide bonds. The van der Waals surface area contributed by atoms with Crippen molar-refractivity contribution >= 4 is 11.6 Å². The van der Waals surface area contributed by atoms with Gasteiger partial charge in [-0.25, -0.2) is 0 Å². The first-order chi connectivity index (χ1) is 11.3. The minimum Gasteiger partial charge on any atom is -0.493 e. The number of methoxy groups -OCH3 is 1. The van der Waals surface area contributed by atoms with Crippen LogP contribution in [0, 0.1) is 0 Å². The van der Waals surface area contributed by atoms with Crippen molar-refractivity contribution in [2.24, 2.45) is 0 Å². The molecule has 0 bridgehead atoms. The summed E-state index contributed by atoms with van der Waals surface area (Å²) < 4.78 is 11.0. The van der Waals surface area contributed by atoms with Gasteiger partial charge >= 0.3 is 0 Å². The summed E-state index contributed by atoms with van der Waals surface area (Å²) in [6.07, 6.45) is 2.40. The van der Waals surface area contributed by atoms with Gasteiger partial charge in [-0.1, -0.05) is 30.3 Å². The topological polar surface area (TPSA) is 38.8 Å². The predicted octanol–water partition coefficient (Wildman–Crippen LogP) is 3.44. The van der Waals surface area contributed by atoms with Gasteiger partial charge in [0, 0.05) is 12.2 Å². The molecule has 0 radical (unpaired) electrons. The van der Waals surface area contributed by atoms with E-state index in [0.29, 0.717) is 24.5 Å². The molecule has 0 atom stereocenters. The van der Waals surface area contributed by atoms with Crippen LogP contribution >= 0.6 is 0 Å². The Balaban J connectivity index is 1.60. The van der Waals surface area contributed by atoms with Crippen molar-refractivity contribution in [2.75, 3.05) is 25.2 Å². The molecule has 120 valence electrons. The Morgan fingerprint density at radius 3 is 2.65 bits per heavy atom. The van der Waals surface area contributed by atoms with Crippen LogP contribution in [0.4, 0.5) is 5.69 Å². The minimum atomic E-state index is 0.104. The lowest BCUT2D eigenvalue weighted by Crippen LogP contribution is -2.36. The number of aryl methyl sites for hydroxylation is 1. The van der Waals surface area contributed by atoms with E-state index in [2.05, 4.69) is 6.07 Å². The summed E-state index contributed by atoms with van der Waals surface area (Å²) in [5.74, 6) is 1.46. The first kappa shape index (κ1) is 15.4. The van der Waals surface area contributed by atoms with Gasteiger partial charge in [-0.3, -0.25) is 4.79 Å². The number of ether oxygens (including phenoxy) is 2. The first-order valence-corrected chi connectivity index (χ1v) is 7.93. The van der Waals surface area contributed by atoms with Crippen molar-refractivity contribution in [1.82, 2.24) is 0 Å². The normalized spacial score (nSPS) is 13.3. The smallest absolute Gasteiger partial charge is 0.230 e. The number of para-hydroxylation sites is 3. The van der Waals surface area contributed by atoms with Crippen molar-refractivity contribution in [3.63, 3.8) is 0 Å². The highest BCUT2D eigenvalue weighted by atomic mass is 16.5. The molecule has 1 aliphatic rings. The van der Waals surface area contributed by atoms with E-state index in [1.807, 2.05) is 47.4 Å². The number of benzene rings is 2. The Labute approximate surface area is 136 Å². The molecule has 4 nitrogen and oxygen atoms in total. The third-order valence-electron chi connectivity index (χ3n) is 4.05. The Morgan fingerprint density at radius 2 is 1.83 bits per heavy atom. The summed E-state index contributed by atoms with van der Waals surface area (Å²) in [6.45, 7) is 1.13. The summed E-state index contributed by atoms with van der Waals surface area (Å²) in [5.41, 5.74) is 2.29. The SMILES string of the molecule is COc1ccccc1OCCC(=O)N1CCCc2ccccc21. The number of nitrogens with zero attached hydrogens (tertiary/aromatic N) is 1. The van der Waals surface area contributed by atoms with Gasteiger partial charge in [-0.05, 0) is 36.6 Å². The summed E-state index contributed by atoms with van der Waals surface area (Å²) in [5, 5.41) is 0. The van der Waals surface area contributed by atoms with Crippen LogP contribution < -0.4 is 14.4 Å². The van der Waals surface area contributed by atoms with Crippen molar-refractivity contribution < 1.29 is 14.3 Å². The molecular weight excluding hydrogens is 290 g/mol. The Hall–Kier alpha value is -2.49. The van der Waals surface area contributed by atoms with Gasteiger partial charge in [0.15, 0.2) is 11.5 Å². The number of amides is 1. The number of anilines is 1. The number of carbonyl (C=O) groups excluding carboxylic acids is 1. The molecule has 23 heavy (non-hydrogen) atoms. The van der Waals surface area contributed by atoms with Crippen molar-refractivity contribution in [3.05, 3.63) is 54.1 Å². The van der Waals surface area contributed by atoms with Gasteiger partial charge < -0.3 is 14.4 Å². The second-order valence-corrected chi connectivity index (χ2v) is 5.53. The molecular formula is C19H21NO3. The number of hydrogen-bond acceptors (Lipinski definition) is 3. The number of fused-ring (bicyclic) bond motifs is 1. The molecule has 1 heterocycles. The quantitative estimate of drug-likeness (QED) is 0.849. The number of rotatable bonds is 5. The van der Waals surface area contributed by atoms with Crippen LogP contribution in [-0.2, 0) is 11.2 Å². The number of hydrogen-bond donors (Lipinski definition) is 0. The highest BCUT2D eigenvalue weighted by Gasteiger charge is 2.21. The second kappa shape index (κ2) is 7.18. The zero-order valence-corrected chi connectivity index (χ0v) is 13.3. The highest BCUT2D eigenvalue weighted by molar-refractivity contribution is 5.94. The van der Waals surface area contributed by atoms with Crippen LogP contribution in [0.15, 0.2) is 48.5 Å². The molecule has 0 fully saturated rings. The highest BCUT2D eigenvalue weighted by Crippen LogP contribution is 2.28. The molecule has 0 aromatic heterocycles. The molecule has 0 N–H and O–H groups in total. The Morgan fingerprint density at radius 1 is 1.09 bits per heavy atom. The monoisotopic (exact) mass is 311 g/mol. The maximum absolute atomic E-state index is 12.5. The van der Waals surface area contributed by atoms with Crippen molar-refractivity contribution in [3.8, 4) is 11.5 Å². The van der Waals surface area contributed by atoms with Crippen molar-refractivity contribution in [1.29, 1.82) is 0 Å². The standard InChI is InChI=1S/C19H21NO3/c1-22-17-10-4-5-11-18(17)23-14-12-19(21)20-13-6-8-15-7-2-3-9-16(15)20/h2-5,7,9-11H,6,8,12-14H2,1H3. The van der Waals surface area contributed by atoms with Crippen LogP contribution in [0.2, 0.25) is 0 Å². The predicted molar refractivity (Wildman–Crippen MR) is 90.2 cm³/mol. The lowest BCUT2D eigenvalue weighted by atomic mass is 10.0. The zero-order valence-electron chi connectivity index (χ0n) is 13.3. The molecule has 2 aromatic carbocycles. The molecule has 2 aromatic rings. The van der Waals surface area contributed by atoms with Crippen LogP contribution in [0.25, 0.3) is 0 Å². The van der Waals surface area contributed by atoms with Gasteiger partial charge in [0.05, 0.1) is 20.1 Å². The molecule has 0 spiro atoms.